The van der Waals surface area contributed by atoms with Gasteiger partial charge in [0.2, 0.25) is 11.8 Å². The van der Waals surface area contributed by atoms with Crippen LogP contribution in [-0.2, 0) is 16.0 Å². The Hall–Kier alpha value is -2.88. The van der Waals surface area contributed by atoms with Gasteiger partial charge in [-0.05, 0) is 18.1 Å². The predicted octanol–water partition coefficient (Wildman–Crippen LogP) is 2.62. The molecule has 7 nitrogen and oxygen atoms in total. The highest BCUT2D eigenvalue weighted by Gasteiger charge is 2.32. The summed E-state index contributed by atoms with van der Waals surface area (Å²) in [5, 5.41) is 3.02. The Bertz CT molecular complexity index is 918. The fraction of sp³-hybridized carbons (Fsp3) is 0.333. The average Bonchev–Trinajstić information content (AvgIpc) is 3.16. The third kappa shape index (κ3) is 4.69. The SMILES string of the molecule is CN1CC(=O)N(CCCC(=O)Nc2ncc(Cc3ccc(F)cc3F)s2)C1=O. The molecule has 1 fully saturated rings. The molecule has 1 aromatic heterocycles. The Morgan fingerprint density at radius 3 is 2.79 bits per heavy atom. The Morgan fingerprint density at radius 2 is 2.11 bits per heavy atom. The molecule has 148 valence electrons. The van der Waals surface area contributed by atoms with Gasteiger partial charge in [-0.15, -0.1) is 11.3 Å². The van der Waals surface area contributed by atoms with E-state index in [9.17, 15) is 23.2 Å². The predicted molar refractivity (Wildman–Crippen MR) is 98.9 cm³/mol. The number of anilines is 1. The maximum Gasteiger partial charge on any atom is 0.326 e. The third-order valence-corrected chi connectivity index (χ3v) is 5.11. The van der Waals surface area contributed by atoms with E-state index in [-0.39, 0.29) is 43.8 Å². The normalized spacial score (nSPS) is 14.1. The van der Waals surface area contributed by atoms with Crippen LogP contribution in [0.5, 0.6) is 0 Å². The van der Waals surface area contributed by atoms with Crippen LogP contribution in [0.15, 0.2) is 24.4 Å². The second-order valence-corrected chi connectivity index (χ2v) is 7.50. The number of thiazole rings is 1. The molecular formula is C18H18F2N4O3S. The lowest BCUT2D eigenvalue weighted by molar-refractivity contribution is -0.125. The van der Waals surface area contributed by atoms with Crippen molar-refractivity contribution in [2.24, 2.45) is 0 Å². The summed E-state index contributed by atoms with van der Waals surface area (Å²) in [5.41, 5.74) is 0.341. The number of urea groups is 1. The van der Waals surface area contributed by atoms with Crippen LogP contribution in [0.2, 0.25) is 0 Å². The van der Waals surface area contributed by atoms with Gasteiger partial charge in [-0.3, -0.25) is 14.5 Å². The second-order valence-electron chi connectivity index (χ2n) is 6.38. The Labute approximate surface area is 164 Å². The van der Waals surface area contributed by atoms with Crippen LogP contribution in [0, 0.1) is 11.6 Å². The molecule has 1 aromatic carbocycles. The largest absolute Gasteiger partial charge is 0.326 e. The van der Waals surface area contributed by atoms with E-state index in [1.807, 2.05) is 0 Å². The topological polar surface area (TPSA) is 82.6 Å². The number of aromatic nitrogens is 1. The molecule has 2 aromatic rings. The van der Waals surface area contributed by atoms with Gasteiger partial charge in [0, 0.05) is 43.6 Å². The van der Waals surface area contributed by atoms with Crippen molar-refractivity contribution >= 4 is 34.3 Å². The Balaban J connectivity index is 1.47. The summed E-state index contributed by atoms with van der Waals surface area (Å²) in [6, 6.07) is 3.03. The fourth-order valence-corrected chi connectivity index (χ4v) is 3.62. The molecule has 0 aliphatic carbocycles. The van der Waals surface area contributed by atoms with E-state index < -0.39 is 11.6 Å². The van der Waals surface area contributed by atoms with Crippen molar-refractivity contribution in [2.45, 2.75) is 19.3 Å². The maximum atomic E-state index is 13.7. The van der Waals surface area contributed by atoms with E-state index in [0.29, 0.717) is 17.1 Å². The number of benzene rings is 1. The van der Waals surface area contributed by atoms with E-state index in [1.54, 1.807) is 7.05 Å². The molecule has 0 radical (unpaired) electrons. The summed E-state index contributed by atoms with van der Waals surface area (Å²) >= 11 is 1.20. The number of carbonyl (C=O) groups is 3. The highest BCUT2D eigenvalue weighted by molar-refractivity contribution is 7.15. The van der Waals surface area contributed by atoms with Gasteiger partial charge in [-0.1, -0.05) is 6.07 Å². The third-order valence-electron chi connectivity index (χ3n) is 4.20. The minimum absolute atomic E-state index is 0.0571. The van der Waals surface area contributed by atoms with E-state index >= 15 is 0 Å². The summed E-state index contributed by atoms with van der Waals surface area (Å²) in [6.07, 6.45) is 2.24. The molecule has 1 aliphatic rings. The number of hydrogen-bond acceptors (Lipinski definition) is 5. The molecule has 0 unspecified atom stereocenters. The lowest BCUT2D eigenvalue weighted by atomic mass is 10.1. The first-order valence-electron chi connectivity index (χ1n) is 8.57. The molecule has 2 heterocycles. The van der Waals surface area contributed by atoms with Gasteiger partial charge in [0.25, 0.3) is 0 Å². The minimum Gasteiger partial charge on any atom is -0.318 e. The van der Waals surface area contributed by atoms with Gasteiger partial charge in [-0.2, -0.15) is 0 Å². The molecule has 0 saturated carbocycles. The molecule has 1 aliphatic heterocycles. The van der Waals surface area contributed by atoms with Crippen LogP contribution >= 0.6 is 11.3 Å². The number of halogens is 2. The number of amides is 4. The summed E-state index contributed by atoms with van der Waals surface area (Å²) in [7, 11) is 1.55. The number of nitrogens with one attached hydrogen (secondary N) is 1. The van der Waals surface area contributed by atoms with Crippen molar-refractivity contribution in [1.29, 1.82) is 0 Å². The van der Waals surface area contributed by atoms with Crippen molar-refractivity contribution in [3.05, 3.63) is 46.5 Å². The van der Waals surface area contributed by atoms with Gasteiger partial charge < -0.3 is 10.2 Å². The first-order chi connectivity index (χ1) is 13.3. The van der Waals surface area contributed by atoms with Crippen molar-refractivity contribution in [2.75, 3.05) is 25.5 Å². The lowest BCUT2D eigenvalue weighted by Crippen LogP contribution is -2.32. The summed E-state index contributed by atoms with van der Waals surface area (Å²) in [6.45, 7) is 0.240. The van der Waals surface area contributed by atoms with Crippen LogP contribution < -0.4 is 5.32 Å². The van der Waals surface area contributed by atoms with Crippen LogP contribution in [-0.4, -0.2) is 52.8 Å². The van der Waals surface area contributed by atoms with Gasteiger partial charge in [0.05, 0.1) is 0 Å². The zero-order valence-corrected chi connectivity index (χ0v) is 15.9. The number of imide groups is 1. The zero-order valence-electron chi connectivity index (χ0n) is 15.1. The molecule has 0 spiro atoms. The quantitative estimate of drug-likeness (QED) is 0.714. The van der Waals surface area contributed by atoms with Crippen LogP contribution in [0.25, 0.3) is 0 Å². The minimum atomic E-state index is -0.637. The monoisotopic (exact) mass is 408 g/mol. The van der Waals surface area contributed by atoms with Crippen molar-refractivity contribution in [3.8, 4) is 0 Å². The van der Waals surface area contributed by atoms with Gasteiger partial charge in [-0.25, -0.2) is 18.6 Å². The number of nitrogens with zero attached hydrogens (tertiary/aromatic N) is 3. The Morgan fingerprint density at radius 1 is 1.32 bits per heavy atom. The molecule has 28 heavy (non-hydrogen) atoms. The van der Waals surface area contributed by atoms with Gasteiger partial charge >= 0.3 is 6.03 Å². The highest BCUT2D eigenvalue weighted by Crippen LogP contribution is 2.23. The molecule has 0 atom stereocenters. The standard InChI is InChI=1S/C18H18F2N4O3S/c1-23-10-16(26)24(18(23)27)6-2-3-15(25)22-17-21-9-13(28-17)7-11-4-5-12(19)8-14(11)20/h4-5,8-9H,2-3,6-7,10H2,1H3,(H,21,22,25). The van der Waals surface area contributed by atoms with Gasteiger partial charge in [0.15, 0.2) is 5.13 Å². The van der Waals surface area contributed by atoms with Crippen LogP contribution in [0.3, 0.4) is 0 Å². The molecular weight excluding hydrogens is 390 g/mol. The number of likely N-dealkylation sites (N-methyl/N-ethyl adjacent to an activating group) is 1. The molecule has 0 bridgehead atoms. The van der Waals surface area contributed by atoms with Crippen LogP contribution in [0.1, 0.15) is 23.3 Å². The number of carbonyl (C=O) groups excluding carboxylic acids is 3. The Kier molecular flexibility index (Phi) is 5.98. The second kappa shape index (κ2) is 8.42. The van der Waals surface area contributed by atoms with E-state index in [4.69, 9.17) is 0 Å². The molecule has 1 N–H and O–H groups in total. The van der Waals surface area contributed by atoms with Crippen molar-refractivity contribution in [1.82, 2.24) is 14.8 Å². The highest BCUT2D eigenvalue weighted by atomic mass is 32.1. The maximum absolute atomic E-state index is 13.7. The molecule has 4 amide bonds. The zero-order chi connectivity index (χ0) is 20.3. The summed E-state index contributed by atoms with van der Waals surface area (Å²) < 4.78 is 26.7. The van der Waals surface area contributed by atoms with E-state index in [1.165, 1.54) is 34.6 Å². The molecule has 3 rings (SSSR count). The molecule has 10 heteroatoms. The molecule has 1 saturated heterocycles. The van der Waals surface area contributed by atoms with Crippen LogP contribution in [0.4, 0.5) is 18.7 Å². The first kappa shape index (κ1) is 19.9. The summed E-state index contributed by atoms with van der Waals surface area (Å²) in [5.74, 6) is -1.83. The number of hydrogen-bond donors (Lipinski definition) is 1. The van der Waals surface area contributed by atoms with Gasteiger partial charge in [0.1, 0.15) is 18.2 Å². The first-order valence-corrected chi connectivity index (χ1v) is 9.39. The smallest absolute Gasteiger partial charge is 0.318 e. The van der Waals surface area contributed by atoms with Crippen molar-refractivity contribution in [3.63, 3.8) is 0 Å². The summed E-state index contributed by atoms with van der Waals surface area (Å²) in [4.78, 5) is 42.7. The average molecular weight is 408 g/mol. The van der Waals surface area contributed by atoms with E-state index in [2.05, 4.69) is 10.3 Å². The van der Waals surface area contributed by atoms with Crippen molar-refractivity contribution < 1.29 is 23.2 Å². The van der Waals surface area contributed by atoms with E-state index in [0.717, 1.165) is 15.8 Å². The lowest BCUT2D eigenvalue weighted by Gasteiger charge is -2.13. The fourth-order valence-electron chi connectivity index (χ4n) is 2.77. The number of rotatable bonds is 7.